The number of aryl methyl sites for hydroxylation is 1. The molecular weight excluding hydrogens is 401 g/mol. The van der Waals surface area contributed by atoms with Crippen LogP contribution in [-0.4, -0.2) is 42.6 Å². The molecule has 1 N–H and O–H groups in total. The molecule has 0 bridgehead atoms. The molecule has 0 radical (unpaired) electrons. The number of nitrogens with zero attached hydrogens (tertiary/aromatic N) is 2. The summed E-state index contributed by atoms with van der Waals surface area (Å²) in [5.74, 6) is -0.226. The number of halogens is 2. The van der Waals surface area contributed by atoms with E-state index < -0.39 is 0 Å². The largest absolute Gasteiger partial charge is 0.385 e. The van der Waals surface area contributed by atoms with Gasteiger partial charge in [-0.3, -0.25) is 9.48 Å². The van der Waals surface area contributed by atoms with Gasteiger partial charge in [-0.25, -0.2) is 0 Å². The van der Waals surface area contributed by atoms with Crippen LogP contribution in [0.15, 0.2) is 30.5 Å². The fourth-order valence-corrected chi connectivity index (χ4v) is 3.96. The molecule has 0 aliphatic carbocycles. The Hall–Kier alpha value is -1.60. The van der Waals surface area contributed by atoms with Crippen LogP contribution < -0.4 is 5.32 Å². The van der Waals surface area contributed by atoms with E-state index in [2.05, 4.69) is 10.4 Å². The number of hydrogen-bond acceptors (Lipinski definition) is 4. The molecule has 1 aliphatic rings. The zero-order chi connectivity index (χ0) is 19.9. The lowest BCUT2D eigenvalue weighted by Crippen LogP contribution is -2.34. The molecule has 2 aromatic rings. The molecule has 1 aromatic carbocycles. The van der Waals surface area contributed by atoms with Crippen molar-refractivity contribution in [2.24, 2.45) is 5.92 Å². The van der Waals surface area contributed by atoms with Gasteiger partial charge in [-0.2, -0.15) is 5.10 Å². The molecule has 8 heteroatoms. The van der Waals surface area contributed by atoms with Crippen molar-refractivity contribution in [1.29, 1.82) is 0 Å². The summed E-state index contributed by atoms with van der Waals surface area (Å²) in [6.45, 7) is 2.48. The Kier molecular flexibility index (Phi) is 7.73. The van der Waals surface area contributed by atoms with Crippen molar-refractivity contribution in [2.45, 2.75) is 31.9 Å². The minimum absolute atomic E-state index is 0.00257. The molecule has 0 saturated carbocycles. The third-order valence-corrected chi connectivity index (χ3v) is 5.48. The highest BCUT2D eigenvalue weighted by Crippen LogP contribution is 2.34. The SMILES string of the molecule is COCCCn1nccc1[C@H]1OCC[C@@H]1C(=O)NCCc1ccc(Cl)cc1Cl. The number of aromatic nitrogens is 2. The van der Waals surface area contributed by atoms with E-state index in [0.29, 0.717) is 42.6 Å². The van der Waals surface area contributed by atoms with Gasteiger partial charge in [0, 0.05) is 49.7 Å². The number of rotatable bonds is 9. The van der Waals surface area contributed by atoms with Crippen molar-refractivity contribution in [3.8, 4) is 0 Å². The van der Waals surface area contributed by atoms with Gasteiger partial charge in [0.25, 0.3) is 0 Å². The first kappa shape index (κ1) is 21.1. The summed E-state index contributed by atoms with van der Waals surface area (Å²) in [5.41, 5.74) is 1.90. The minimum atomic E-state index is -0.274. The van der Waals surface area contributed by atoms with Gasteiger partial charge < -0.3 is 14.8 Å². The molecule has 1 aromatic heterocycles. The maximum absolute atomic E-state index is 12.8. The van der Waals surface area contributed by atoms with Crippen LogP contribution in [-0.2, 0) is 27.2 Å². The summed E-state index contributed by atoms with van der Waals surface area (Å²) in [6.07, 6.45) is 3.68. The van der Waals surface area contributed by atoms with Crippen molar-refractivity contribution in [1.82, 2.24) is 15.1 Å². The Labute approximate surface area is 175 Å². The lowest BCUT2D eigenvalue weighted by atomic mass is 9.97. The van der Waals surface area contributed by atoms with Gasteiger partial charge in [0.05, 0.1) is 11.6 Å². The zero-order valence-corrected chi connectivity index (χ0v) is 17.4. The van der Waals surface area contributed by atoms with Crippen LogP contribution in [0.5, 0.6) is 0 Å². The molecule has 28 heavy (non-hydrogen) atoms. The Bertz CT molecular complexity index is 797. The number of methoxy groups -OCH3 is 1. The molecule has 1 amide bonds. The van der Waals surface area contributed by atoms with Gasteiger partial charge in [0.2, 0.25) is 5.91 Å². The van der Waals surface area contributed by atoms with Gasteiger partial charge in [-0.1, -0.05) is 29.3 Å². The quantitative estimate of drug-likeness (QED) is 0.622. The molecular formula is C20H25Cl2N3O3. The molecule has 0 unspecified atom stereocenters. The predicted octanol–water partition coefficient (Wildman–Crippen LogP) is 3.66. The smallest absolute Gasteiger partial charge is 0.226 e. The summed E-state index contributed by atoms with van der Waals surface area (Å²) >= 11 is 12.1. The van der Waals surface area contributed by atoms with E-state index in [0.717, 1.165) is 24.2 Å². The molecule has 2 heterocycles. The van der Waals surface area contributed by atoms with Crippen LogP contribution in [0.25, 0.3) is 0 Å². The zero-order valence-electron chi connectivity index (χ0n) is 15.9. The van der Waals surface area contributed by atoms with Crippen LogP contribution in [0.1, 0.15) is 30.2 Å². The highest BCUT2D eigenvalue weighted by Gasteiger charge is 2.36. The second-order valence-corrected chi connectivity index (χ2v) is 7.63. The standard InChI is InChI=1S/C20H25Cl2N3O3/c1-27-11-2-10-25-18(6-9-24-25)19-16(7-12-28-19)20(26)23-8-5-14-3-4-15(21)13-17(14)22/h3-4,6,9,13,16,19H,2,5,7-8,10-12H2,1H3,(H,23,26)/t16-,19-/m0/s1. The predicted molar refractivity (Wildman–Crippen MR) is 109 cm³/mol. The molecule has 3 rings (SSSR count). The molecule has 0 spiro atoms. The van der Waals surface area contributed by atoms with E-state index in [9.17, 15) is 4.79 Å². The van der Waals surface area contributed by atoms with E-state index >= 15 is 0 Å². The number of carbonyl (C=O) groups is 1. The molecule has 1 saturated heterocycles. The van der Waals surface area contributed by atoms with Crippen molar-refractivity contribution < 1.29 is 14.3 Å². The van der Waals surface area contributed by atoms with Gasteiger partial charge in [-0.05, 0) is 43.0 Å². The minimum Gasteiger partial charge on any atom is -0.385 e. The molecule has 152 valence electrons. The fraction of sp³-hybridized carbons (Fsp3) is 0.500. The Morgan fingerprint density at radius 1 is 1.39 bits per heavy atom. The Morgan fingerprint density at radius 3 is 3.04 bits per heavy atom. The van der Waals surface area contributed by atoms with Gasteiger partial charge in [0.1, 0.15) is 6.10 Å². The first-order valence-electron chi connectivity index (χ1n) is 9.44. The van der Waals surface area contributed by atoms with E-state index in [-0.39, 0.29) is 17.9 Å². The second kappa shape index (κ2) is 10.3. The van der Waals surface area contributed by atoms with Crippen LogP contribution in [0.4, 0.5) is 0 Å². The highest BCUT2D eigenvalue weighted by atomic mass is 35.5. The fourth-order valence-electron chi connectivity index (χ4n) is 3.46. The number of carbonyl (C=O) groups excluding carboxylic acids is 1. The van der Waals surface area contributed by atoms with Crippen molar-refractivity contribution in [3.05, 3.63) is 51.8 Å². The Morgan fingerprint density at radius 2 is 2.25 bits per heavy atom. The van der Waals surface area contributed by atoms with Crippen molar-refractivity contribution >= 4 is 29.1 Å². The number of nitrogens with one attached hydrogen (secondary N) is 1. The number of hydrogen-bond donors (Lipinski definition) is 1. The van der Waals surface area contributed by atoms with E-state index in [1.807, 2.05) is 16.8 Å². The maximum atomic E-state index is 12.8. The average molecular weight is 426 g/mol. The number of amides is 1. The summed E-state index contributed by atoms with van der Waals surface area (Å²) in [6, 6.07) is 7.33. The Balaban J connectivity index is 1.57. The summed E-state index contributed by atoms with van der Waals surface area (Å²) in [4.78, 5) is 12.8. The van der Waals surface area contributed by atoms with E-state index in [4.69, 9.17) is 32.7 Å². The lowest BCUT2D eigenvalue weighted by molar-refractivity contribution is -0.126. The van der Waals surface area contributed by atoms with Crippen molar-refractivity contribution in [3.63, 3.8) is 0 Å². The molecule has 1 aliphatic heterocycles. The van der Waals surface area contributed by atoms with Gasteiger partial charge >= 0.3 is 0 Å². The number of benzene rings is 1. The monoisotopic (exact) mass is 425 g/mol. The lowest BCUT2D eigenvalue weighted by Gasteiger charge is -2.19. The molecule has 6 nitrogen and oxygen atoms in total. The summed E-state index contributed by atoms with van der Waals surface area (Å²) < 4.78 is 12.9. The normalized spacial score (nSPS) is 19.1. The van der Waals surface area contributed by atoms with Gasteiger partial charge in [-0.15, -0.1) is 0 Å². The van der Waals surface area contributed by atoms with Gasteiger partial charge in [0.15, 0.2) is 0 Å². The van der Waals surface area contributed by atoms with Crippen LogP contribution in [0.3, 0.4) is 0 Å². The van der Waals surface area contributed by atoms with Crippen LogP contribution in [0, 0.1) is 5.92 Å². The van der Waals surface area contributed by atoms with E-state index in [1.165, 1.54) is 0 Å². The summed E-state index contributed by atoms with van der Waals surface area (Å²) in [7, 11) is 1.68. The first-order chi connectivity index (χ1) is 13.6. The van der Waals surface area contributed by atoms with Crippen molar-refractivity contribution in [2.75, 3.05) is 26.9 Å². The third kappa shape index (κ3) is 5.26. The average Bonchev–Trinajstić information content (AvgIpc) is 3.32. The highest BCUT2D eigenvalue weighted by molar-refractivity contribution is 6.35. The van der Waals surface area contributed by atoms with Crippen LogP contribution in [0.2, 0.25) is 10.0 Å². The maximum Gasteiger partial charge on any atom is 0.226 e. The third-order valence-electron chi connectivity index (χ3n) is 4.90. The first-order valence-corrected chi connectivity index (χ1v) is 10.2. The molecule has 2 atom stereocenters. The van der Waals surface area contributed by atoms with E-state index in [1.54, 1.807) is 25.4 Å². The second-order valence-electron chi connectivity index (χ2n) is 6.79. The van der Waals surface area contributed by atoms with Crippen LogP contribution >= 0.6 is 23.2 Å². The number of ether oxygens (including phenoxy) is 2. The summed E-state index contributed by atoms with van der Waals surface area (Å²) in [5, 5.41) is 8.60. The topological polar surface area (TPSA) is 65.4 Å². The molecule has 1 fully saturated rings.